The zero-order valence-corrected chi connectivity index (χ0v) is 13.1. The Morgan fingerprint density at radius 3 is 2.96 bits per heavy atom. The van der Waals surface area contributed by atoms with Crippen molar-refractivity contribution in [2.75, 3.05) is 6.54 Å². The molecule has 0 radical (unpaired) electrons. The zero-order valence-electron chi connectivity index (χ0n) is 12.3. The summed E-state index contributed by atoms with van der Waals surface area (Å²) in [5.74, 6) is -0.247. The average molecular weight is 329 g/mol. The van der Waals surface area contributed by atoms with Crippen LogP contribution < -0.4 is 10.9 Å². The predicted octanol–water partition coefficient (Wildman–Crippen LogP) is 0.985. The third-order valence-corrected chi connectivity index (χ3v) is 4.08. The van der Waals surface area contributed by atoms with E-state index in [0.717, 1.165) is 4.88 Å². The Labute approximate surface area is 136 Å². The summed E-state index contributed by atoms with van der Waals surface area (Å²) in [5, 5.41) is 8.96. The minimum Gasteiger partial charge on any atom is -0.353 e. The number of hydrogen-bond donors (Lipinski definition) is 1. The Hall–Kier alpha value is -2.74. The standard InChI is InChI=1S/C15H15N5O2S/c21-14(17-6-8-19-7-5-16-11-19)10-20-15(22)4-3-12(18-20)13-2-1-9-23-13/h1-5,7,9,11H,6,8,10H2,(H,17,21). The molecule has 0 unspecified atom stereocenters. The van der Waals surface area contributed by atoms with Gasteiger partial charge in [-0.3, -0.25) is 9.59 Å². The normalized spacial score (nSPS) is 10.6. The molecule has 3 aromatic heterocycles. The lowest BCUT2D eigenvalue weighted by Gasteiger charge is -2.08. The van der Waals surface area contributed by atoms with Crippen molar-refractivity contribution in [3.8, 4) is 10.6 Å². The highest BCUT2D eigenvalue weighted by molar-refractivity contribution is 7.13. The van der Waals surface area contributed by atoms with Gasteiger partial charge in [-0.2, -0.15) is 5.10 Å². The van der Waals surface area contributed by atoms with E-state index in [1.165, 1.54) is 22.1 Å². The van der Waals surface area contributed by atoms with Gasteiger partial charge in [-0.25, -0.2) is 9.67 Å². The summed E-state index contributed by atoms with van der Waals surface area (Å²) in [6.07, 6.45) is 5.19. The number of carbonyl (C=O) groups excluding carboxylic acids is 1. The summed E-state index contributed by atoms with van der Waals surface area (Å²) in [5.41, 5.74) is 0.390. The highest BCUT2D eigenvalue weighted by Crippen LogP contribution is 2.20. The summed E-state index contributed by atoms with van der Waals surface area (Å²) >= 11 is 1.53. The molecule has 0 spiro atoms. The van der Waals surface area contributed by atoms with Crippen molar-refractivity contribution in [1.82, 2.24) is 24.6 Å². The van der Waals surface area contributed by atoms with Crippen molar-refractivity contribution < 1.29 is 4.79 Å². The lowest BCUT2D eigenvalue weighted by Crippen LogP contribution is -2.34. The quantitative estimate of drug-likeness (QED) is 0.731. The van der Waals surface area contributed by atoms with Crippen LogP contribution >= 0.6 is 11.3 Å². The molecule has 0 atom stereocenters. The van der Waals surface area contributed by atoms with Crippen molar-refractivity contribution in [3.63, 3.8) is 0 Å². The predicted molar refractivity (Wildman–Crippen MR) is 87.0 cm³/mol. The van der Waals surface area contributed by atoms with Gasteiger partial charge in [0.2, 0.25) is 5.91 Å². The number of nitrogens with zero attached hydrogens (tertiary/aromatic N) is 4. The van der Waals surface area contributed by atoms with Crippen molar-refractivity contribution in [3.05, 3.63) is 58.7 Å². The SMILES string of the molecule is O=C(Cn1nc(-c2cccs2)ccc1=O)NCCn1ccnc1. The van der Waals surface area contributed by atoms with E-state index >= 15 is 0 Å². The number of rotatable bonds is 6. The third-order valence-electron chi connectivity index (χ3n) is 3.18. The summed E-state index contributed by atoms with van der Waals surface area (Å²) in [4.78, 5) is 28.7. The number of nitrogens with one attached hydrogen (secondary N) is 1. The third kappa shape index (κ3) is 3.92. The van der Waals surface area contributed by atoms with E-state index in [0.29, 0.717) is 18.8 Å². The van der Waals surface area contributed by atoms with Gasteiger partial charge in [0.15, 0.2) is 0 Å². The summed E-state index contributed by atoms with van der Waals surface area (Å²) in [6, 6.07) is 6.94. The molecule has 1 amide bonds. The van der Waals surface area contributed by atoms with Crippen LogP contribution in [0.3, 0.4) is 0 Å². The molecule has 0 saturated carbocycles. The number of carbonyl (C=O) groups is 1. The van der Waals surface area contributed by atoms with E-state index in [-0.39, 0.29) is 18.0 Å². The molecule has 0 aliphatic rings. The van der Waals surface area contributed by atoms with Crippen LogP contribution in [0, 0.1) is 0 Å². The van der Waals surface area contributed by atoms with Crippen molar-refractivity contribution >= 4 is 17.2 Å². The van der Waals surface area contributed by atoms with Gasteiger partial charge in [0.25, 0.3) is 5.56 Å². The van der Waals surface area contributed by atoms with E-state index in [4.69, 9.17) is 0 Å². The maximum Gasteiger partial charge on any atom is 0.267 e. The molecule has 3 heterocycles. The number of imidazole rings is 1. The van der Waals surface area contributed by atoms with Crippen molar-refractivity contribution in [1.29, 1.82) is 0 Å². The average Bonchev–Trinajstić information content (AvgIpc) is 3.22. The van der Waals surface area contributed by atoms with Crippen LogP contribution in [-0.2, 0) is 17.9 Å². The van der Waals surface area contributed by atoms with Crippen LogP contribution in [-0.4, -0.2) is 31.8 Å². The highest BCUT2D eigenvalue weighted by atomic mass is 32.1. The zero-order chi connectivity index (χ0) is 16.1. The first-order valence-corrected chi connectivity index (χ1v) is 7.95. The van der Waals surface area contributed by atoms with E-state index in [1.54, 1.807) is 18.6 Å². The second kappa shape index (κ2) is 7.01. The van der Waals surface area contributed by atoms with E-state index in [1.807, 2.05) is 28.3 Å². The molecule has 23 heavy (non-hydrogen) atoms. The molecule has 0 aliphatic carbocycles. The van der Waals surface area contributed by atoms with Gasteiger partial charge in [-0.15, -0.1) is 11.3 Å². The van der Waals surface area contributed by atoms with E-state index in [9.17, 15) is 9.59 Å². The molecule has 8 heteroatoms. The van der Waals surface area contributed by atoms with Gasteiger partial charge in [0, 0.05) is 31.5 Å². The monoisotopic (exact) mass is 329 g/mol. The maximum atomic E-state index is 12.0. The van der Waals surface area contributed by atoms with E-state index in [2.05, 4.69) is 15.4 Å². The number of hydrogen-bond acceptors (Lipinski definition) is 5. The van der Waals surface area contributed by atoms with Gasteiger partial charge < -0.3 is 9.88 Å². The fraction of sp³-hybridized carbons (Fsp3) is 0.200. The number of thiophene rings is 1. The lowest BCUT2D eigenvalue weighted by atomic mass is 10.3. The Morgan fingerprint density at radius 2 is 2.22 bits per heavy atom. The Morgan fingerprint density at radius 1 is 1.30 bits per heavy atom. The largest absolute Gasteiger partial charge is 0.353 e. The van der Waals surface area contributed by atoms with Crippen molar-refractivity contribution in [2.24, 2.45) is 0 Å². The summed E-state index contributed by atoms with van der Waals surface area (Å²) in [7, 11) is 0. The second-order valence-corrected chi connectivity index (χ2v) is 5.79. The van der Waals surface area contributed by atoms with Crippen molar-refractivity contribution in [2.45, 2.75) is 13.1 Å². The molecule has 0 bridgehead atoms. The van der Waals surface area contributed by atoms with Gasteiger partial charge in [-0.05, 0) is 17.5 Å². The van der Waals surface area contributed by atoms with Crippen LogP contribution in [0.15, 0.2) is 53.2 Å². The van der Waals surface area contributed by atoms with E-state index < -0.39 is 0 Å². The molecule has 3 aromatic rings. The maximum absolute atomic E-state index is 12.0. The minimum absolute atomic E-state index is 0.0953. The molecule has 118 valence electrons. The molecule has 1 N–H and O–H groups in total. The Kier molecular flexibility index (Phi) is 4.62. The fourth-order valence-electron chi connectivity index (χ4n) is 2.05. The highest BCUT2D eigenvalue weighted by Gasteiger charge is 2.08. The fourth-order valence-corrected chi connectivity index (χ4v) is 2.74. The molecule has 0 saturated heterocycles. The van der Waals surface area contributed by atoms with Crippen LogP contribution in [0.25, 0.3) is 10.6 Å². The topological polar surface area (TPSA) is 81.8 Å². The minimum atomic E-state index is -0.296. The summed E-state index contributed by atoms with van der Waals surface area (Å²) in [6.45, 7) is 1.000. The molecule has 0 aromatic carbocycles. The Balaban J connectivity index is 1.61. The second-order valence-electron chi connectivity index (χ2n) is 4.84. The van der Waals surface area contributed by atoms with Crippen LogP contribution in [0.2, 0.25) is 0 Å². The number of aromatic nitrogens is 4. The first-order chi connectivity index (χ1) is 11.2. The molecule has 0 fully saturated rings. The van der Waals surface area contributed by atoms with Gasteiger partial charge in [0.05, 0.1) is 11.2 Å². The first kappa shape index (κ1) is 15.2. The molecule has 7 nitrogen and oxygen atoms in total. The van der Waals surface area contributed by atoms with Crippen LogP contribution in [0.1, 0.15) is 0 Å². The first-order valence-electron chi connectivity index (χ1n) is 7.07. The van der Waals surface area contributed by atoms with Crippen LogP contribution in [0.4, 0.5) is 0 Å². The Bertz CT molecular complexity index is 824. The van der Waals surface area contributed by atoms with Gasteiger partial charge in [0.1, 0.15) is 12.2 Å². The lowest BCUT2D eigenvalue weighted by molar-refractivity contribution is -0.121. The molecule has 3 rings (SSSR count). The van der Waals surface area contributed by atoms with Gasteiger partial charge >= 0.3 is 0 Å². The van der Waals surface area contributed by atoms with Crippen LogP contribution in [0.5, 0.6) is 0 Å². The van der Waals surface area contributed by atoms with Gasteiger partial charge in [-0.1, -0.05) is 6.07 Å². The smallest absolute Gasteiger partial charge is 0.267 e. The number of amides is 1. The summed E-state index contributed by atoms with van der Waals surface area (Å²) < 4.78 is 3.05. The molecular formula is C15H15N5O2S. The molecular weight excluding hydrogens is 314 g/mol. The molecule has 0 aliphatic heterocycles.